The summed E-state index contributed by atoms with van der Waals surface area (Å²) in [5, 5.41) is 0. The van der Waals surface area contributed by atoms with Gasteiger partial charge in [0.05, 0.1) is 20.8 Å². The predicted molar refractivity (Wildman–Crippen MR) is 103 cm³/mol. The topological polar surface area (TPSA) is 42.0 Å². The highest BCUT2D eigenvalue weighted by molar-refractivity contribution is 5.78. The Hall–Kier alpha value is -1.75. The lowest BCUT2D eigenvalue weighted by atomic mass is 9.99. The van der Waals surface area contributed by atoms with Crippen molar-refractivity contribution in [2.45, 2.75) is 57.5 Å². The number of likely N-dealkylation sites (tertiary alicyclic amines) is 2. The minimum Gasteiger partial charge on any atom is -0.493 e. The normalized spacial score (nSPS) is 23.9. The van der Waals surface area contributed by atoms with Gasteiger partial charge in [-0.25, -0.2) is 0 Å². The number of benzene rings is 1. The fraction of sp³-hybridized carbons (Fsp3) is 0.667. The van der Waals surface area contributed by atoms with Crippen molar-refractivity contribution >= 4 is 5.91 Å². The molecule has 144 valence electrons. The minimum atomic E-state index is 0.281. The Morgan fingerprint density at radius 1 is 1.08 bits per heavy atom. The fourth-order valence-corrected chi connectivity index (χ4v) is 4.47. The number of piperidine rings is 1. The summed E-state index contributed by atoms with van der Waals surface area (Å²) in [6, 6.07) is 6.83. The van der Waals surface area contributed by atoms with Crippen molar-refractivity contribution in [1.82, 2.24) is 9.80 Å². The summed E-state index contributed by atoms with van der Waals surface area (Å²) in [6.45, 7) is 4.62. The molecule has 5 nitrogen and oxygen atoms in total. The first-order valence-corrected chi connectivity index (χ1v) is 9.93. The van der Waals surface area contributed by atoms with E-state index >= 15 is 0 Å². The molecule has 2 fully saturated rings. The van der Waals surface area contributed by atoms with Gasteiger partial charge in [0.1, 0.15) is 0 Å². The first kappa shape index (κ1) is 19.0. The van der Waals surface area contributed by atoms with E-state index in [0.29, 0.717) is 18.5 Å². The number of rotatable bonds is 6. The molecule has 0 unspecified atom stereocenters. The predicted octanol–water partition coefficient (Wildman–Crippen LogP) is 3.63. The summed E-state index contributed by atoms with van der Waals surface area (Å²) in [5.74, 6) is 1.80. The van der Waals surface area contributed by atoms with E-state index in [1.807, 2.05) is 6.07 Å². The Morgan fingerprint density at radius 3 is 2.62 bits per heavy atom. The van der Waals surface area contributed by atoms with Gasteiger partial charge in [0.25, 0.3) is 0 Å². The van der Waals surface area contributed by atoms with Gasteiger partial charge in [-0.3, -0.25) is 9.69 Å². The number of amides is 1. The summed E-state index contributed by atoms with van der Waals surface area (Å²) in [5.41, 5.74) is 1.21. The molecule has 2 saturated heterocycles. The highest BCUT2D eigenvalue weighted by atomic mass is 16.5. The monoisotopic (exact) mass is 360 g/mol. The molecule has 0 bridgehead atoms. The molecule has 1 amide bonds. The average Bonchev–Trinajstić information content (AvgIpc) is 3.15. The van der Waals surface area contributed by atoms with Crippen LogP contribution in [0.15, 0.2) is 18.2 Å². The van der Waals surface area contributed by atoms with E-state index in [2.05, 4.69) is 28.9 Å². The maximum atomic E-state index is 13.0. The molecule has 26 heavy (non-hydrogen) atoms. The summed E-state index contributed by atoms with van der Waals surface area (Å²) >= 11 is 0. The van der Waals surface area contributed by atoms with Crippen LogP contribution in [-0.4, -0.2) is 55.6 Å². The molecule has 1 aromatic rings. The zero-order valence-corrected chi connectivity index (χ0v) is 16.4. The van der Waals surface area contributed by atoms with E-state index < -0.39 is 0 Å². The fourth-order valence-electron chi connectivity index (χ4n) is 4.47. The third kappa shape index (κ3) is 3.98. The molecule has 0 aromatic heterocycles. The second kappa shape index (κ2) is 8.76. The molecular weight excluding hydrogens is 328 g/mol. The maximum Gasteiger partial charge on any atom is 0.237 e. The molecule has 2 aliphatic rings. The third-order valence-corrected chi connectivity index (χ3v) is 5.91. The van der Waals surface area contributed by atoms with Gasteiger partial charge in [0.2, 0.25) is 5.91 Å². The third-order valence-electron chi connectivity index (χ3n) is 5.91. The number of carbonyl (C=O) groups is 1. The van der Waals surface area contributed by atoms with Crippen LogP contribution in [0.2, 0.25) is 0 Å². The van der Waals surface area contributed by atoms with E-state index in [1.54, 1.807) is 14.2 Å². The van der Waals surface area contributed by atoms with Crippen molar-refractivity contribution in [2.24, 2.45) is 0 Å². The van der Waals surface area contributed by atoms with Crippen LogP contribution in [0.4, 0.5) is 0 Å². The standard InChI is InChI=1S/C21H32N2O3/c1-4-17-8-5-6-13-23(17)21(24)15-22-12-7-9-18(22)16-10-11-19(25-2)20(14-16)26-3/h10-11,14,17-18H,4-9,12-13,15H2,1-3H3/t17-,18+/m0/s1. The van der Waals surface area contributed by atoms with Crippen LogP contribution in [0.5, 0.6) is 11.5 Å². The summed E-state index contributed by atoms with van der Waals surface area (Å²) in [6.07, 6.45) is 6.82. The Balaban J connectivity index is 1.71. The van der Waals surface area contributed by atoms with Gasteiger partial charge in [0.15, 0.2) is 11.5 Å². The van der Waals surface area contributed by atoms with Crippen molar-refractivity contribution < 1.29 is 14.3 Å². The first-order valence-electron chi connectivity index (χ1n) is 9.93. The number of hydrogen-bond donors (Lipinski definition) is 0. The number of methoxy groups -OCH3 is 2. The molecule has 5 heteroatoms. The molecule has 2 aliphatic heterocycles. The van der Waals surface area contributed by atoms with E-state index in [1.165, 1.54) is 12.0 Å². The Labute approximate surface area is 157 Å². The van der Waals surface area contributed by atoms with Gasteiger partial charge in [0, 0.05) is 18.6 Å². The van der Waals surface area contributed by atoms with Crippen LogP contribution < -0.4 is 9.47 Å². The molecule has 0 aliphatic carbocycles. The second-order valence-electron chi connectivity index (χ2n) is 7.39. The summed E-state index contributed by atoms with van der Waals surface area (Å²) in [7, 11) is 3.32. The summed E-state index contributed by atoms with van der Waals surface area (Å²) < 4.78 is 10.8. The highest BCUT2D eigenvalue weighted by Crippen LogP contribution is 2.37. The van der Waals surface area contributed by atoms with Gasteiger partial charge in [-0.1, -0.05) is 13.0 Å². The van der Waals surface area contributed by atoms with Gasteiger partial charge < -0.3 is 14.4 Å². The second-order valence-corrected chi connectivity index (χ2v) is 7.39. The number of hydrogen-bond acceptors (Lipinski definition) is 4. The molecule has 2 heterocycles. The van der Waals surface area contributed by atoms with Crippen LogP contribution in [0.1, 0.15) is 57.1 Å². The van der Waals surface area contributed by atoms with E-state index in [4.69, 9.17) is 9.47 Å². The first-order chi connectivity index (χ1) is 12.7. The van der Waals surface area contributed by atoms with E-state index in [-0.39, 0.29) is 6.04 Å². The van der Waals surface area contributed by atoms with Crippen LogP contribution in [0.25, 0.3) is 0 Å². The zero-order valence-electron chi connectivity index (χ0n) is 16.4. The molecule has 0 radical (unpaired) electrons. The van der Waals surface area contributed by atoms with Gasteiger partial charge in [-0.15, -0.1) is 0 Å². The zero-order chi connectivity index (χ0) is 18.5. The Morgan fingerprint density at radius 2 is 1.88 bits per heavy atom. The van der Waals surface area contributed by atoms with Crippen molar-refractivity contribution in [1.29, 1.82) is 0 Å². The molecule has 0 saturated carbocycles. The Kier molecular flexibility index (Phi) is 6.41. The quantitative estimate of drug-likeness (QED) is 0.777. The van der Waals surface area contributed by atoms with Gasteiger partial charge >= 0.3 is 0 Å². The van der Waals surface area contributed by atoms with Crippen LogP contribution in [-0.2, 0) is 4.79 Å². The maximum absolute atomic E-state index is 13.0. The summed E-state index contributed by atoms with van der Waals surface area (Å²) in [4.78, 5) is 17.4. The molecule has 0 N–H and O–H groups in total. The Bertz CT molecular complexity index is 619. The van der Waals surface area contributed by atoms with E-state index in [0.717, 1.165) is 56.7 Å². The molecule has 2 atom stereocenters. The average molecular weight is 360 g/mol. The molecule has 3 rings (SSSR count). The lowest BCUT2D eigenvalue weighted by Gasteiger charge is -2.37. The van der Waals surface area contributed by atoms with Crippen molar-refractivity contribution in [3.05, 3.63) is 23.8 Å². The lowest BCUT2D eigenvalue weighted by molar-refractivity contribution is -0.136. The van der Waals surface area contributed by atoms with Gasteiger partial charge in [-0.05, 0) is 62.8 Å². The largest absolute Gasteiger partial charge is 0.493 e. The van der Waals surface area contributed by atoms with Crippen LogP contribution >= 0.6 is 0 Å². The van der Waals surface area contributed by atoms with Crippen molar-refractivity contribution in [2.75, 3.05) is 33.9 Å². The number of ether oxygens (including phenoxy) is 2. The van der Waals surface area contributed by atoms with Crippen LogP contribution in [0.3, 0.4) is 0 Å². The SMILES string of the molecule is CC[C@H]1CCCCN1C(=O)CN1CCC[C@@H]1c1ccc(OC)c(OC)c1. The van der Waals surface area contributed by atoms with Crippen molar-refractivity contribution in [3.63, 3.8) is 0 Å². The van der Waals surface area contributed by atoms with Gasteiger partial charge in [-0.2, -0.15) is 0 Å². The molecular formula is C21H32N2O3. The van der Waals surface area contributed by atoms with Crippen molar-refractivity contribution in [3.8, 4) is 11.5 Å². The number of nitrogens with zero attached hydrogens (tertiary/aromatic N) is 2. The molecule has 0 spiro atoms. The smallest absolute Gasteiger partial charge is 0.237 e. The lowest BCUT2D eigenvalue weighted by Crippen LogP contribution is -2.47. The molecule has 1 aromatic carbocycles. The highest BCUT2D eigenvalue weighted by Gasteiger charge is 2.32. The van der Waals surface area contributed by atoms with Crippen LogP contribution in [0, 0.1) is 0 Å². The van der Waals surface area contributed by atoms with E-state index in [9.17, 15) is 4.79 Å². The number of carbonyl (C=O) groups excluding carboxylic acids is 1. The minimum absolute atomic E-state index is 0.281.